The molecule has 0 saturated carbocycles. The number of para-hydroxylation sites is 3. The second-order valence-electron chi connectivity index (χ2n) is 24.2. The van der Waals surface area contributed by atoms with E-state index in [0.717, 1.165) is 0 Å². The molecule has 2 aliphatic heterocycles. The van der Waals surface area contributed by atoms with Gasteiger partial charge in [0.15, 0.2) is 0 Å². The predicted molar refractivity (Wildman–Crippen MR) is 334 cm³/mol. The summed E-state index contributed by atoms with van der Waals surface area (Å²) in [7, 11) is -4.41. The van der Waals surface area contributed by atoms with E-state index >= 15 is 0 Å². The lowest BCUT2D eigenvalue weighted by Gasteiger charge is -2.46. The van der Waals surface area contributed by atoms with Gasteiger partial charge in [-0.2, -0.15) is 0 Å². The molecule has 75 heavy (non-hydrogen) atoms. The van der Waals surface area contributed by atoms with Gasteiger partial charge in [0.25, 0.3) is 0 Å². The fourth-order valence-electron chi connectivity index (χ4n) is 15.2. The molecule has 2 nitrogen and oxygen atoms in total. The topological polar surface area (TPSA) is 6.48 Å². The van der Waals surface area contributed by atoms with Crippen molar-refractivity contribution in [3.05, 3.63) is 168 Å². The molecule has 3 aliphatic rings. The SMILES string of the molecule is CCCC[Si]1(CCCC)c2ccccc2N(c2cc(C(C)C)c3ccc4c(N5c6ccccc6[Si](CCCC)(CCCC)c6cc7c(cc65)C(C)(C)c5ccccc5-7)cc(C(C)C)c5ccc2c3c54)c2ccccc21. The largest absolute Gasteiger partial charge is 0.310 e. The van der Waals surface area contributed by atoms with Gasteiger partial charge in [0.05, 0.1) is 11.4 Å². The van der Waals surface area contributed by atoms with E-state index in [4.69, 9.17) is 0 Å². The summed E-state index contributed by atoms with van der Waals surface area (Å²) in [6.07, 6.45) is 9.94. The van der Waals surface area contributed by atoms with E-state index in [1.807, 2.05) is 0 Å². The van der Waals surface area contributed by atoms with Gasteiger partial charge in [0.1, 0.15) is 16.1 Å². The van der Waals surface area contributed by atoms with Gasteiger partial charge in [-0.1, -0.05) is 230 Å². The van der Waals surface area contributed by atoms with Crippen LogP contribution >= 0.6 is 0 Å². The number of anilines is 6. The van der Waals surface area contributed by atoms with Gasteiger partial charge < -0.3 is 9.80 Å². The summed E-state index contributed by atoms with van der Waals surface area (Å²) in [6.45, 7) is 24.2. The molecule has 0 spiro atoms. The molecule has 0 unspecified atom stereocenters. The van der Waals surface area contributed by atoms with Crippen molar-refractivity contribution in [2.24, 2.45) is 0 Å². The van der Waals surface area contributed by atoms with Crippen LogP contribution in [0.5, 0.6) is 0 Å². The Hall–Kier alpha value is -5.95. The maximum Gasteiger partial charge on any atom is 0.123 e. The number of hydrogen-bond donors (Lipinski definition) is 0. The number of fused-ring (bicyclic) bond motifs is 7. The van der Waals surface area contributed by atoms with Gasteiger partial charge in [0, 0.05) is 38.9 Å². The van der Waals surface area contributed by atoms with Crippen LogP contribution in [0.15, 0.2) is 146 Å². The molecule has 9 aromatic carbocycles. The van der Waals surface area contributed by atoms with E-state index in [2.05, 4.69) is 225 Å². The van der Waals surface area contributed by atoms with Crippen LogP contribution in [0.2, 0.25) is 24.2 Å². The highest BCUT2D eigenvalue weighted by atomic mass is 28.3. The predicted octanol–water partition coefficient (Wildman–Crippen LogP) is 19.0. The van der Waals surface area contributed by atoms with E-state index in [0.29, 0.717) is 11.8 Å². The summed E-state index contributed by atoms with van der Waals surface area (Å²) >= 11 is 0. The number of nitrogens with zero attached hydrogens (tertiary/aromatic N) is 2. The summed E-state index contributed by atoms with van der Waals surface area (Å²) < 4.78 is 0. The Balaban J connectivity index is 1.18. The third-order valence-electron chi connectivity index (χ3n) is 18.9. The van der Waals surface area contributed by atoms with Crippen molar-refractivity contribution in [1.29, 1.82) is 0 Å². The first-order chi connectivity index (χ1) is 36.4. The van der Waals surface area contributed by atoms with Crippen molar-refractivity contribution < 1.29 is 0 Å². The first kappa shape index (κ1) is 49.9. The summed E-state index contributed by atoms with van der Waals surface area (Å²) in [5, 5.41) is 14.9. The lowest BCUT2D eigenvalue weighted by Crippen LogP contribution is -2.62. The summed E-state index contributed by atoms with van der Waals surface area (Å²) in [5.41, 5.74) is 16.8. The van der Waals surface area contributed by atoms with Gasteiger partial charge in [-0.25, -0.2) is 0 Å². The Kier molecular flexibility index (Phi) is 12.8. The molecule has 0 fully saturated rings. The molecule has 4 heteroatoms. The molecule has 2 heterocycles. The molecule has 0 atom stereocenters. The highest BCUT2D eigenvalue weighted by Crippen LogP contribution is 2.55. The highest BCUT2D eigenvalue weighted by molar-refractivity contribution is 7.05. The molecule has 0 saturated heterocycles. The molecule has 9 aromatic rings. The van der Waals surface area contributed by atoms with E-state index in [9.17, 15) is 0 Å². The van der Waals surface area contributed by atoms with Crippen molar-refractivity contribution in [2.45, 2.75) is 162 Å². The fraction of sp³-hybridized carbons (Fsp3) is 0.352. The Morgan fingerprint density at radius 3 is 1.20 bits per heavy atom. The summed E-state index contributed by atoms with van der Waals surface area (Å²) in [5.74, 6) is 0.646. The van der Waals surface area contributed by atoms with Gasteiger partial charge >= 0.3 is 0 Å². The lowest BCUT2D eigenvalue weighted by atomic mass is 9.82. The first-order valence-corrected chi connectivity index (χ1v) is 34.2. The van der Waals surface area contributed by atoms with Gasteiger partial charge in [-0.05, 0) is 148 Å². The lowest BCUT2D eigenvalue weighted by molar-refractivity contribution is 0.660. The van der Waals surface area contributed by atoms with Gasteiger partial charge in [-0.15, -0.1) is 0 Å². The van der Waals surface area contributed by atoms with Gasteiger partial charge in [0.2, 0.25) is 0 Å². The molecule has 0 amide bonds. The third kappa shape index (κ3) is 7.42. The maximum absolute atomic E-state index is 2.79. The van der Waals surface area contributed by atoms with Crippen LogP contribution in [0.25, 0.3) is 43.4 Å². The van der Waals surface area contributed by atoms with Crippen LogP contribution in [0.1, 0.15) is 155 Å². The zero-order valence-electron chi connectivity index (χ0n) is 46.9. The fourth-order valence-corrected chi connectivity index (χ4v) is 26.6. The average molecular weight is 1020 g/mol. The summed E-state index contributed by atoms with van der Waals surface area (Å²) in [4.78, 5) is 5.52. The van der Waals surface area contributed by atoms with Crippen LogP contribution in [-0.4, -0.2) is 16.1 Å². The van der Waals surface area contributed by atoms with Crippen LogP contribution < -0.4 is 30.5 Å². The van der Waals surface area contributed by atoms with Crippen LogP contribution in [0.3, 0.4) is 0 Å². The molecule has 12 rings (SSSR count). The van der Waals surface area contributed by atoms with Crippen molar-refractivity contribution in [3.63, 3.8) is 0 Å². The number of rotatable bonds is 16. The molecule has 1 aliphatic carbocycles. The van der Waals surface area contributed by atoms with E-state index in [-0.39, 0.29) is 5.41 Å². The quantitative estimate of drug-likeness (QED) is 0.0703. The standard InChI is InChI=1S/C71H80N2Si2/c1-11-15-39-74(40-16-12-2)65-32-24-21-29-59(65)72(60-30-22-25-33-66(60)74)62-43-54(47(5)6)50-36-38-53-63(44-55(48(7)8)51-35-37-52(62)69(50)70(51)53)73-61-31-23-26-34-67(61)75(41-17-13-3,42-18-14-4)68-45-56-49-27-19-20-28-57(49)71(9,10)58(56)46-64(68)73/h19-38,43-48H,11-18,39-42H2,1-10H3. The highest BCUT2D eigenvalue weighted by Gasteiger charge is 2.49. The van der Waals surface area contributed by atoms with Crippen LogP contribution in [0.4, 0.5) is 34.1 Å². The Labute approximate surface area is 451 Å². The minimum absolute atomic E-state index is 0.115. The zero-order valence-corrected chi connectivity index (χ0v) is 48.9. The Bertz CT molecular complexity index is 3570. The Morgan fingerprint density at radius 1 is 0.373 bits per heavy atom. The average Bonchev–Trinajstić information content (AvgIpc) is 3.65. The number of benzene rings is 9. The van der Waals surface area contributed by atoms with Gasteiger partial charge in [-0.3, -0.25) is 0 Å². The number of hydrogen-bond acceptors (Lipinski definition) is 2. The van der Waals surface area contributed by atoms with Crippen molar-refractivity contribution in [2.75, 3.05) is 9.80 Å². The molecular weight excluding hydrogens is 937 g/mol. The molecule has 0 bridgehead atoms. The zero-order chi connectivity index (χ0) is 52.0. The normalized spacial score (nSPS) is 15.7. The minimum Gasteiger partial charge on any atom is -0.310 e. The van der Waals surface area contributed by atoms with Crippen molar-refractivity contribution >= 4 is 103 Å². The van der Waals surface area contributed by atoms with Crippen LogP contribution in [0, 0.1) is 0 Å². The van der Waals surface area contributed by atoms with E-state index in [1.54, 1.807) is 20.7 Å². The van der Waals surface area contributed by atoms with Crippen molar-refractivity contribution in [3.8, 4) is 11.1 Å². The molecule has 0 N–H and O–H groups in total. The molecular formula is C71H80N2Si2. The van der Waals surface area contributed by atoms with Crippen molar-refractivity contribution in [1.82, 2.24) is 0 Å². The minimum atomic E-state index is -2.29. The number of unbranched alkanes of at least 4 members (excludes halogenated alkanes) is 4. The van der Waals surface area contributed by atoms with E-state index in [1.165, 1.54) is 175 Å². The second kappa shape index (κ2) is 19.3. The smallest absolute Gasteiger partial charge is 0.123 e. The van der Waals surface area contributed by atoms with Crippen LogP contribution in [-0.2, 0) is 5.41 Å². The molecule has 382 valence electrons. The molecule has 0 radical (unpaired) electrons. The summed E-state index contributed by atoms with van der Waals surface area (Å²) in [6, 6.07) is 64.4. The molecule has 0 aromatic heterocycles. The second-order valence-corrected chi connectivity index (χ2v) is 32.7. The van der Waals surface area contributed by atoms with E-state index < -0.39 is 16.1 Å². The first-order valence-electron chi connectivity index (χ1n) is 29.4. The Morgan fingerprint density at radius 2 is 0.760 bits per heavy atom. The maximum atomic E-state index is 2.79. The third-order valence-corrected chi connectivity index (χ3v) is 29.5. The monoisotopic (exact) mass is 1020 g/mol.